The molecule has 5 heteroatoms. The Kier molecular flexibility index (Phi) is 5.42. The second-order valence-electron chi connectivity index (χ2n) is 7.37. The van der Waals surface area contributed by atoms with Crippen molar-refractivity contribution in [3.8, 4) is 11.8 Å². The normalized spacial score (nSPS) is 18.8. The van der Waals surface area contributed by atoms with E-state index in [2.05, 4.69) is 11.4 Å². The smallest absolute Gasteiger partial charge is 0.161 e. The van der Waals surface area contributed by atoms with Crippen molar-refractivity contribution < 1.29 is 9.53 Å². The van der Waals surface area contributed by atoms with Crippen LogP contribution in [0.25, 0.3) is 0 Å². The lowest BCUT2D eigenvalue weighted by Gasteiger charge is -2.32. The van der Waals surface area contributed by atoms with Gasteiger partial charge in [0.15, 0.2) is 5.78 Å². The van der Waals surface area contributed by atoms with Gasteiger partial charge in [-0.25, -0.2) is 0 Å². The van der Waals surface area contributed by atoms with Gasteiger partial charge in [-0.1, -0.05) is 35.9 Å². The molecular weight excluding hydrogens is 384 g/mol. The Morgan fingerprint density at radius 1 is 1.21 bits per heavy atom. The van der Waals surface area contributed by atoms with Gasteiger partial charge in [-0.3, -0.25) is 4.79 Å². The molecule has 0 amide bonds. The van der Waals surface area contributed by atoms with E-state index in [1.807, 2.05) is 55.5 Å². The number of carbonyl (C=O) groups is 1. The summed E-state index contributed by atoms with van der Waals surface area (Å²) in [4.78, 5) is 12.7. The standard InChI is InChI=1S/C24H21ClN2O2/c1-15-20(13-26)23(24-21(27-15)9-4-10-22(24)28)17-6-3-8-19(12-17)29-14-16-5-2-7-18(25)11-16/h2-3,5-8,11-12,23,27H,4,9-10,14H2,1H3/t23-/m0/s1. The number of benzene rings is 2. The van der Waals surface area contributed by atoms with Crippen molar-refractivity contribution in [3.63, 3.8) is 0 Å². The molecule has 0 fully saturated rings. The van der Waals surface area contributed by atoms with Crippen molar-refractivity contribution >= 4 is 17.4 Å². The first kappa shape index (κ1) is 19.3. The number of Topliss-reactive ketones (excluding diaryl/α,β-unsaturated/α-hetero) is 1. The number of rotatable bonds is 4. The van der Waals surface area contributed by atoms with Crippen LogP contribution < -0.4 is 10.1 Å². The molecule has 1 atom stereocenters. The Balaban J connectivity index is 1.66. The first-order valence-corrected chi connectivity index (χ1v) is 10.1. The molecule has 0 saturated heterocycles. The van der Waals surface area contributed by atoms with Crippen LogP contribution in [-0.2, 0) is 11.4 Å². The number of ketones is 1. The monoisotopic (exact) mass is 404 g/mol. The van der Waals surface area contributed by atoms with Crippen molar-refractivity contribution in [3.05, 3.63) is 87.2 Å². The van der Waals surface area contributed by atoms with Gasteiger partial charge in [0.2, 0.25) is 0 Å². The van der Waals surface area contributed by atoms with Gasteiger partial charge < -0.3 is 10.1 Å². The molecule has 1 N–H and O–H groups in total. The maximum Gasteiger partial charge on any atom is 0.161 e. The van der Waals surface area contributed by atoms with Crippen molar-refractivity contribution in [2.45, 2.75) is 38.7 Å². The lowest BCUT2D eigenvalue weighted by molar-refractivity contribution is -0.116. The summed E-state index contributed by atoms with van der Waals surface area (Å²) in [5, 5.41) is 13.8. The topological polar surface area (TPSA) is 62.1 Å². The van der Waals surface area contributed by atoms with Crippen LogP contribution in [0.2, 0.25) is 5.02 Å². The SMILES string of the molecule is CC1=C(C#N)[C@H](c2cccc(OCc3cccc(Cl)c3)c2)C2=C(CCCC2=O)N1. The molecule has 1 aliphatic heterocycles. The molecule has 2 aliphatic rings. The number of carbonyl (C=O) groups excluding carboxylic acids is 1. The summed E-state index contributed by atoms with van der Waals surface area (Å²) in [7, 11) is 0. The summed E-state index contributed by atoms with van der Waals surface area (Å²) >= 11 is 6.04. The fourth-order valence-corrected chi connectivity index (χ4v) is 4.25. The number of nitrogens with one attached hydrogen (secondary N) is 1. The van der Waals surface area contributed by atoms with Gasteiger partial charge in [-0.2, -0.15) is 5.26 Å². The molecule has 146 valence electrons. The van der Waals surface area contributed by atoms with Gasteiger partial charge in [0.25, 0.3) is 0 Å². The third-order valence-electron chi connectivity index (χ3n) is 5.38. The zero-order valence-corrected chi connectivity index (χ0v) is 16.9. The maximum atomic E-state index is 12.7. The van der Waals surface area contributed by atoms with E-state index >= 15 is 0 Å². The Hall–Kier alpha value is -3.03. The second-order valence-corrected chi connectivity index (χ2v) is 7.80. The lowest BCUT2D eigenvalue weighted by Crippen LogP contribution is -2.31. The van der Waals surface area contributed by atoms with E-state index in [1.54, 1.807) is 0 Å². The predicted octanol–water partition coefficient (Wildman–Crippen LogP) is 5.41. The molecule has 1 aliphatic carbocycles. The summed E-state index contributed by atoms with van der Waals surface area (Å²) < 4.78 is 5.96. The van der Waals surface area contributed by atoms with Gasteiger partial charge in [0.05, 0.1) is 17.6 Å². The highest BCUT2D eigenvalue weighted by Crippen LogP contribution is 2.42. The molecule has 0 spiro atoms. The van der Waals surface area contributed by atoms with E-state index in [9.17, 15) is 10.1 Å². The molecule has 0 saturated carbocycles. The first-order chi connectivity index (χ1) is 14.1. The number of halogens is 1. The highest BCUT2D eigenvalue weighted by atomic mass is 35.5. The summed E-state index contributed by atoms with van der Waals surface area (Å²) in [6.45, 7) is 2.29. The van der Waals surface area contributed by atoms with Gasteiger partial charge in [0, 0.05) is 28.4 Å². The Morgan fingerprint density at radius 3 is 2.83 bits per heavy atom. The Morgan fingerprint density at radius 2 is 2.03 bits per heavy atom. The molecular formula is C24H21ClN2O2. The van der Waals surface area contributed by atoms with Crippen molar-refractivity contribution in [2.24, 2.45) is 0 Å². The Labute approximate surface area is 175 Å². The average molecular weight is 405 g/mol. The van der Waals surface area contributed by atoms with E-state index in [0.717, 1.165) is 40.9 Å². The summed E-state index contributed by atoms with van der Waals surface area (Å²) in [5.74, 6) is 0.467. The van der Waals surface area contributed by atoms with E-state index in [-0.39, 0.29) is 11.7 Å². The van der Waals surface area contributed by atoms with Crippen LogP contribution in [0.1, 0.15) is 43.2 Å². The fourth-order valence-electron chi connectivity index (χ4n) is 4.04. The third kappa shape index (κ3) is 3.92. The third-order valence-corrected chi connectivity index (χ3v) is 5.62. The molecule has 1 heterocycles. The number of allylic oxidation sites excluding steroid dienone is 4. The van der Waals surface area contributed by atoms with Crippen molar-refractivity contribution in [1.29, 1.82) is 5.26 Å². The second kappa shape index (κ2) is 8.14. The molecule has 4 nitrogen and oxygen atoms in total. The van der Waals surface area contributed by atoms with Crippen LogP contribution in [0, 0.1) is 11.3 Å². The van der Waals surface area contributed by atoms with Crippen molar-refractivity contribution in [1.82, 2.24) is 5.32 Å². The van der Waals surface area contributed by atoms with Crippen LogP contribution in [0.15, 0.2) is 71.1 Å². The molecule has 4 rings (SSSR count). The van der Waals surface area contributed by atoms with Crippen LogP contribution >= 0.6 is 11.6 Å². The van der Waals surface area contributed by atoms with Crippen LogP contribution in [0.3, 0.4) is 0 Å². The lowest BCUT2D eigenvalue weighted by atomic mass is 9.75. The van der Waals surface area contributed by atoms with E-state index in [4.69, 9.17) is 16.3 Å². The molecule has 0 bridgehead atoms. The minimum atomic E-state index is -0.348. The van der Waals surface area contributed by atoms with Crippen LogP contribution in [-0.4, -0.2) is 5.78 Å². The van der Waals surface area contributed by atoms with E-state index in [0.29, 0.717) is 29.4 Å². The Bertz CT molecular complexity index is 1080. The number of nitriles is 1. The average Bonchev–Trinajstić information content (AvgIpc) is 2.72. The number of ether oxygens (including phenoxy) is 1. The zero-order chi connectivity index (χ0) is 20.4. The summed E-state index contributed by atoms with van der Waals surface area (Å²) in [5.41, 5.74) is 4.96. The molecule has 0 radical (unpaired) electrons. The van der Waals surface area contributed by atoms with Crippen LogP contribution in [0.4, 0.5) is 0 Å². The minimum Gasteiger partial charge on any atom is -0.489 e. The van der Waals surface area contributed by atoms with Crippen LogP contribution in [0.5, 0.6) is 5.75 Å². The van der Waals surface area contributed by atoms with E-state index in [1.165, 1.54) is 0 Å². The number of nitrogens with zero attached hydrogens (tertiary/aromatic N) is 1. The van der Waals surface area contributed by atoms with Gasteiger partial charge >= 0.3 is 0 Å². The van der Waals surface area contributed by atoms with E-state index < -0.39 is 0 Å². The molecule has 2 aromatic rings. The highest BCUT2D eigenvalue weighted by molar-refractivity contribution is 6.30. The first-order valence-electron chi connectivity index (χ1n) is 9.68. The molecule has 2 aromatic carbocycles. The van der Waals surface area contributed by atoms with Crippen molar-refractivity contribution in [2.75, 3.05) is 0 Å². The van der Waals surface area contributed by atoms with Gasteiger partial charge in [-0.05, 0) is 55.2 Å². The fraction of sp³-hybridized carbons (Fsp3) is 0.250. The van der Waals surface area contributed by atoms with Gasteiger partial charge in [-0.15, -0.1) is 0 Å². The quantitative estimate of drug-likeness (QED) is 0.739. The maximum absolute atomic E-state index is 12.7. The minimum absolute atomic E-state index is 0.120. The molecule has 0 aromatic heterocycles. The number of hydrogen-bond donors (Lipinski definition) is 1. The highest BCUT2D eigenvalue weighted by Gasteiger charge is 2.35. The molecule has 0 unspecified atom stereocenters. The molecule has 29 heavy (non-hydrogen) atoms. The number of dihydropyridines is 1. The summed E-state index contributed by atoms with van der Waals surface area (Å²) in [6.07, 6.45) is 2.20. The zero-order valence-electron chi connectivity index (χ0n) is 16.2. The summed E-state index contributed by atoms with van der Waals surface area (Å²) in [6, 6.07) is 17.5. The number of hydrogen-bond acceptors (Lipinski definition) is 4. The predicted molar refractivity (Wildman–Crippen MR) is 112 cm³/mol. The largest absolute Gasteiger partial charge is 0.489 e. The van der Waals surface area contributed by atoms with Gasteiger partial charge in [0.1, 0.15) is 12.4 Å².